The van der Waals surface area contributed by atoms with Gasteiger partial charge < -0.3 is 10.3 Å². The Morgan fingerprint density at radius 3 is 2.79 bits per heavy atom. The molecule has 0 saturated heterocycles. The summed E-state index contributed by atoms with van der Waals surface area (Å²) >= 11 is 1.22. The van der Waals surface area contributed by atoms with Crippen LogP contribution in [0.15, 0.2) is 53.0 Å². The first-order chi connectivity index (χ1) is 15.8. The Hall–Kier alpha value is -3.15. The Morgan fingerprint density at radius 1 is 1.24 bits per heavy atom. The molecule has 0 aliphatic carbocycles. The van der Waals surface area contributed by atoms with Crippen molar-refractivity contribution in [2.24, 2.45) is 0 Å². The molecule has 11 heteroatoms. The molecule has 8 nitrogen and oxygen atoms in total. The predicted octanol–water partition coefficient (Wildman–Crippen LogP) is 4.04. The van der Waals surface area contributed by atoms with E-state index in [1.54, 1.807) is 37.6 Å². The molecule has 0 saturated carbocycles. The Bertz CT molecular complexity index is 1410. The molecule has 0 bridgehead atoms. The van der Waals surface area contributed by atoms with Gasteiger partial charge in [-0.2, -0.15) is 4.31 Å². The van der Waals surface area contributed by atoms with Crippen molar-refractivity contribution >= 4 is 43.4 Å². The van der Waals surface area contributed by atoms with Gasteiger partial charge in [0.15, 0.2) is 5.13 Å². The lowest BCUT2D eigenvalue weighted by atomic mass is 10.1. The highest BCUT2D eigenvalue weighted by molar-refractivity contribution is 7.89. The minimum Gasteiger partial charge on any atom is -0.345 e. The van der Waals surface area contributed by atoms with E-state index in [2.05, 4.69) is 20.3 Å². The van der Waals surface area contributed by atoms with Crippen molar-refractivity contribution in [2.75, 3.05) is 18.4 Å². The molecule has 3 heterocycles. The van der Waals surface area contributed by atoms with Gasteiger partial charge in [-0.1, -0.05) is 26.0 Å². The average molecular weight is 488 g/mol. The number of carbonyl (C=O) groups is 1. The molecule has 0 aliphatic rings. The fourth-order valence-electron chi connectivity index (χ4n) is 3.55. The molecular weight excluding hydrogens is 465 g/mol. The SMILES string of the molecule is CCN(CC)S(=O)(=O)c1cccc(CC(=O)Nc2nc(-c3c[nH]c4nccc(F)c34)cs2)c1. The number of amides is 1. The molecule has 0 fully saturated rings. The third-order valence-electron chi connectivity index (χ3n) is 5.16. The second-order valence-electron chi connectivity index (χ2n) is 7.22. The van der Waals surface area contributed by atoms with Gasteiger partial charge in [0.25, 0.3) is 0 Å². The van der Waals surface area contributed by atoms with Crippen LogP contribution < -0.4 is 5.32 Å². The lowest BCUT2D eigenvalue weighted by Crippen LogP contribution is -2.30. The van der Waals surface area contributed by atoms with Gasteiger partial charge in [-0.3, -0.25) is 4.79 Å². The summed E-state index contributed by atoms with van der Waals surface area (Å²) in [6, 6.07) is 7.65. The Kier molecular flexibility index (Phi) is 6.54. The summed E-state index contributed by atoms with van der Waals surface area (Å²) in [4.78, 5) is 24.1. The minimum atomic E-state index is -3.61. The first kappa shape index (κ1) is 23.0. The van der Waals surface area contributed by atoms with Crippen molar-refractivity contribution in [3.8, 4) is 11.3 Å². The fraction of sp³-hybridized carbons (Fsp3) is 0.227. The standard InChI is InChI=1S/C22H22FN5O3S2/c1-3-28(4-2)33(30,31)15-7-5-6-14(10-15)11-19(29)27-22-26-18(13-32-22)16-12-25-21-20(16)17(23)8-9-24-21/h5-10,12-13H,3-4,11H2,1-2H3,(H,24,25)(H,26,27,29). The Balaban J connectivity index is 1.49. The number of aromatic amines is 1. The predicted molar refractivity (Wildman–Crippen MR) is 126 cm³/mol. The zero-order valence-corrected chi connectivity index (χ0v) is 19.6. The van der Waals surface area contributed by atoms with Gasteiger partial charge in [0.1, 0.15) is 11.5 Å². The van der Waals surface area contributed by atoms with Crippen LogP contribution >= 0.6 is 11.3 Å². The van der Waals surface area contributed by atoms with Gasteiger partial charge in [-0.15, -0.1) is 11.3 Å². The van der Waals surface area contributed by atoms with Gasteiger partial charge in [0.05, 0.1) is 22.4 Å². The number of aromatic nitrogens is 3. The zero-order chi connectivity index (χ0) is 23.6. The summed E-state index contributed by atoms with van der Waals surface area (Å²) in [7, 11) is -3.61. The van der Waals surface area contributed by atoms with Crippen molar-refractivity contribution < 1.29 is 17.6 Å². The number of fused-ring (bicyclic) bond motifs is 1. The average Bonchev–Trinajstić information content (AvgIpc) is 3.42. The number of rotatable bonds is 8. The molecule has 33 heavy (non-hydrogen) atoms. The van der Waals surface area contributed by atoms with Crippen LogP contribution in [0.5, 0.6) is 0 Å². The van der Waals surface area contributed by atoms with E-state index in [0.717, 1.165) is 0 Å². The van der Waals surface area contributed by atoms with Crippen LogP contribution in [0.2, 0.25) is 0 Å². The maximum absolute atomic E-state index is 14.2. The highest BCUT2D eigenvalue weighted by Crippen LogP contribution is 2.31. The molecule has 3 aromatic heterocycles. The fourth-order valence-corrected chi connectivity index (χ4v) is 5.81. The van der Waals surface area contributed by atoms with E-state index in [0.29, 0.717) is 46.1 Å². The number of benzene rings is 1. The smallest absolute Gasteiger partial charge is 0.243 e. The number of hydrogen-bond acceptors (Lipinski definition) is 6. The topological polar surface area (TPSA) is 108 Å². The second-order valence-corrected chi connectivity index (χ2v) is 10.0. The van der Waals surface area contributed by atoms with E-state index in [9.17, 15) is 17.6 Å². The molecule has 2 N–H and O–H groups in total. The van der Waals surface area contributed by atoms with Gasteiger partial charge >= 0.3 is 0 Å². The van der Waals surface area contributed by atoms with Crippen molar-refractivity contribution in [3.63, 3.8) is 0 Å². The number of nitrogens with one attached hydrogen (secondary N) is 2. The van der Waals surface area contributed by atoms with Crippen LogP contribution in [0.3, 0.4) is 0 Å². The number of anilines is 1. The summed E-state index contributed by atoms with van der Waals surface area (Å²) in [5, 5.41) is 5.15. The van der Waals surface area contributed by atoms with Crippen molar-refractivity contribution in [1.82, 2.24) is 19.3 Å². The number of nitrogens with zero attached hydrogens (tertiary/aromatic N) is 3. The van der Waals surface area contributed by atoms with Crippen LogP contribution in [0.4, 0.5) is 9.52 Å². The van der Waals surface area contributed by atoms with Gasteiger partial charge in [0.2, 0.25) is 15.9 Å². The molecular formula is C22H22FN5O3S2. The third kappa shape index (κ3) is 4.65. The number of carbonyl (C=O) groups excluding carboxylic acids is 1. The van der Waals surface area contributed by atoms with E-state index in [1.807, 2.05) is 0 Å². The highest BCUT2D eigenvalue weighted by atomic mass is 32.2. The molecule has 0 spiro atoms. The van der Waals surface area contributed by atoms with Gasteiger partial charge in [-0.25, -0.2) is 22.8 Å². The van der Waals surface area contributed by atoms with Crippen LogP contribution in [0, 0.1) is 5.82 Å². The molecule has 172 valence electrons. The molecule has 0 aliphatic heterocycles. The summed E-state index contributed by atoms with van der Waals surface area (Å²) in [6.07, 6.45) is 3.00. The van der Waals surface area contributed by atoms with E-state index in [1.165, 1.54) is 40.0 Å². The highest BCUT2D eigenvalue weighted by Gasteiger charge is 2.22. The van der Waals surface area contributed by atoms with E-state index in [4.69, 9.17) is 0 Å². The maximum Gasteiger partial charge on any atom is 0.243 e. The maximum atomic E-state index is 14.2. The summed E-state index contributed by atoms with van der Waals surface area (Å²) < 4.78 is 41.1. The molecule has 4 rings (SSSR count). The van der Waals surface area contributed by atoms with Gasteiger partial charge in [-0.05, 0) is 23.8 Å². The molecule has 1 aromatic carbocycles. The van der Waals surface area contributed by atoms with E-state index >= 15 is 0 Å². The Labute approximate surface area is 194 Å². The molecule has 1 amide bonds. The molecule has 0 unspecified atom stereocenters. The number of sulfonamides is 1. The van der Waals surface area contributed by atoms with Crippen LogP contribution in [-0.4, -0.2) is 46.7 Å². The molecule has 0 radical (unpaired) electrons. The minimum absolute atomic E-state index is 0.0117. The summed E-state index contributed by atoms with van der Waals surface area (Å²) in [5.41, 5.74) is 2.06. The van der Waals surface area contributed by atoms with Crippen LogP contribution in [0.25, 0.3) is 22.3 Å². The first-order valence-corrected chi connectivity index (χ1v) is 12.6. The lowest BCUT2D eigenvalue weighted by Gasteiger charge is -2.18. The number of thiazole rings is 1. The zero-order valence-electron chi connectivity index (χ0n) is 18.0. The number of halogens is 1. The van der Waals surface area contributed by atoms with Crippen LogP contribution in [-0.2, 0) is 21.2 Å². The third-order valence-corrected chi connectivity index (χ3v) is 7.96. The van der Waals surface area contributed by atoms with Crippen molar-refractivity contribution in [3.05, 3.63) is 59.5 Å². The monoisotopic (exact) mass is 487 g/mol. The number of hydrogen-bond donors (Lipinski definition) is 2. The summed E-state index contributed by atoms with van der Waals surface area (Å²) in [5.74, 6) is -0.741. The summed E-state index contributed by atoms with van der Waals surface area (Å²) in [6.45, 7) is 4.29. The first-order valence-electron chi connectivity index (χ1n) is 10.3. The van der Waals surface area contributed by atoms with E-state index < -0.39 is 15.8 Å². The van der Waals surface area contributed by atoms with Crippen molar-refractivity contribution in [2.45, 2.75) is 25.2 Å². The molecule has 0 atom stereocenters. The molecule has 4 aromatic rings. The number of pyridine rings is 1. The quantitative estimate of drug-likeness (QED) is 0.390. The van der Waals surface area contributed by atoms with E-state index in [-0.39, 0.29) is 17.2 Å². The number of H-pyrrole nitrogens is 1. The lowest BCUT2D eigenvalue weighted by molar-refractivity contribution is -0.115. The largest absolute Gasteiger partial charge is 0.345 e. The second kappa shape index (κ2) is 9.38. The van der Waals surface area contributed by atoms with Crippen LogP contribution in [0.1, 0.15) is 19.4 Å². The Morgan fingerprint density at radius 2 is 2.03 bits per heavy atom. The van der Waals surface area contributed by atoms with Gasteiger partial charge in [0, 0.05) is 36.4 Å². The normalized spacial score (nSPS) is 11.9. The van der Waals surface area contributed by atoms with Crippen molar-refractivity contribution in [1.29, 1.82) is 0 Å².